The van der Waals surface area contributed by atoms with Crippen molar-refractivity contribution in [1.82, 2.24) is 14.9 Å². The average Bonchev–Trinajstić information content (AvgIpc) is 2.91. The first-order chi connectivity index (χ1) is 10.2. The maximum absolute atomic E-state index is 14.1. The monoisotopic (exact) mass is 283 g/mol. The molecule has 0 aliphatic carbocycles. The SMILES string of the molecule is CCCNCc1c(F)cccc1-n1cnc(C#N)c1C#N. The molecule has 21 heavy (non-hydrogen) atoms. The van der Waals surface area contributed by atoms with Gasteiger partial charge in [0, 0.05) is 12.1 Å². The molecule has 0 aliphatic heterocycles. The van der Waals surface area contributed by atoms with Gasteiger partial charge in [-0.3, -0.25) is 4.57 Å². The number of nitriles is 2. The Kier molecular flexibility index (Phi) is 4.65. The third-order valence-corrected chi connectivity index (χ3v) is 3.06. The summed E-state index contributed by atoms with van der Waals surface area (Å²) in [6.45, 7) is 3.14. The van der Waals surface area contributed by atoms with Crippen LogP contribution in [0.1, 0.15) is 30.3 Å². The Balaban J connectivity index is 2.50. The summed E-state index contributed by atoms with van der Waals surface area (Å²) in [7, 11) is 0. The highest BCUT2D eigenvalue weighted by molar-refractivity contribution is 5.48. The molecule has 2 rings (SSSR count). The van der Waals surface area contributed by atoms with E-state index in [4.69, 9.17) is 5.26 Å². The van der Waals surface area contributed by atoms with Gasteiger partial charge in [0.25, 0.3) is 0 Å². The van der Waals surface area contributed by atoms with Crippen LogP contribution in [-0.4, -0.2) is 16.1 Å². The molecule has 1 aromatic heterocycles. The van der Waals surface area contributed by atoms with Gasteiger partial charge in [0.05, 0.1) is 5.69 Å². The van der Waals surface area contributed by atoms with Crippen LogP contribution in [0.15, 0.2) is 24.5 Å². The summed E-state index contributed by atoms with van der Waals surface area (Å²) in [4.78, 5) is 3.89. The minimum atomic E-state index is -0.354. The van der Waals surface area contributed by atoms with Crippen LogP contribution >= 0.6 is 0 Å². The highest BCUT2D eigenvalue weighted by Gasteiger charge is 2.16. The lowest BCUT2D eigenvalue weighted by Crippen LogP contribution is -2.17. The molecule has 0 aliphatic rings. The summed E-state index contributed by atoms with van der Waals surface area (Å²) in [5, 5.41) is 21.3. The van der Waals surface area contributed by atoms with Gasteiger partial charge in [0.1, 0.15) is 24.3 Å². The van der Waals surface area contributed by atoms with Crippen LogP contribution in [0.5, 0.6) is 0 Å². The fourth-order valence-electron chi connectivity index (χ4n) is 2.06. The first-order valence-electron chi connectivity index (χ1n) is 6.59. The molecule has 0 fully saturated rings. The molecule has 1 heterocycles. The third-order valence-electron chi connectivity index (χ3n) is 3.06. The van der Waals surface area contributed by atoms with Crippen molar-refractivity contribution in [3.8, 4) is 17.8 Å². The van der Waals surface area contributed by atoms with Gasteiger partial charge in [-0.25, -0.2) is 9.37 Å². The van der Waals surface area contributed by atoms with Crippen LogP contribution < -0.4 is 5.32 Å². The number of nitrogens with one attached hydrogen (secondary N) is 1. The molecule has 6 heteroatoms. The molecule has 0 unspecified atom stereocenters. The summed E-state index contributed by atoms with van der Waals surface area (Å²) in [6, 6.07) is 8.45. The highest BCUT2D eigenvalue weighted by atomic mass is 19.1. The van der Waals surface area contributed by atoms with Crippen LogP contribution in [0.4, 0.5) is 4.39 Å². The van der Waals surface area contributed by atoms with Crippen LogP contribution in [0.3, 0.4) is 0 Å². The first kappa shape index (κ1) is 14.7. The zero-order valence-electron chi connectivity index (χ0n) is 11.6. The van der Waals surface area contributed by atoms with Crippen molar-refractivity contribution < 1.29 is 4.39 Å². The van der Waals surface area contributed by atoms with E-state index in [-0.39, 0.29) is 17.2 Å². The molecule has 106 valence electrons. The third kappa shape index (κ3) is 2.91. The lowest BCUT2D eigenvalue weighted by atomic mass is 10.1. The summed E-state index contributed by atoms with van der Waals surface area (Å²) in [5.74, 6) is -0.354. The summed E-state index contributed by atoms with van der Waals surface area (Å²) < 4.78 is 15.5. The number of halogens is 1. The number of hydrogen-bond donors (Lipinski definition) is 1. The van der Waals surface area contributed by atoms with Crippen molar-refractivity contribution in [2.75, 3.05) is 6.54 Å². The van der Waals surface area contributed by atoms with Crippen molar-refractivity contribution in [1.29, 1.82) is 10.5 Å². The fourth-order valence-corrected chi connectivity index (χ4v) is 2.06. The van der Waals surface area contributed by atoms with Gasteiger partial charge in [-0.2, -0.15) is 10.5 Å². The van der Waals surface area contributed by atoms with E-state index in [2.05, 4.69) is 10.3 Å². The van der Waals surface area contributed by atoms with Gasteiger partial charge in [0.15, 0.2) is 11.4 Å². The van der Waals surface area contributed by atoms with Crippen LogP contribution in [0, 0.1) is 28.5 Å². The molecule has 0 radical (unpaired) electrons. The Morgan fingerprint density at radius 2 is 2.14 bits per heavy atom. The largest absolute Gasteiger partial charge is 0.312 e. The van der Waals surface area contributed by atoms with E-state index in [0.29, 0.717) is 17.8 Å². The van der Waals surface area contributed by atoms with E-state index in [1.165, 1.54) is 17.0 Å². The molecule has 1 N–H and O–H groups in total. The van der Waals surface area contributed by atoms with Crippen molar-refractivity contribution in [3.63, 3.8) is 0 Å². The second kappa shape index (κ2) is 6.65. The Bertz CT molecular complexity index is 721. The second-order valence-corrected chi connectivity index (χ2v) is 4.45. The Morgan fingerprint density at radius 1 is 1.33 bits per heavy atom. The van der Waals surface area contributed by atoms with Gasteiger partial charge in [-0.15, -0.1) is 0 Å². The molecule has 0 amide bonds. The van der Waals surface area contributed by atoms with Crippen molar-refractivity contribution >= 4 is 0 Å². The van der Waals surface area contributed by atoms with Crippen molar-refractivity contribution in [2.45, 2.75) is 19.9 Å². The molecule has 0 saturated heterocycles. The number of aromatic nitrogens is 2. The van der Waals surface area contributed by atoms with Crippen LogP contribution in [-0.2, 0) is 6.54 Å². The summed E-state index contributed by atoms with van der Waals surface area (Å²) in [5.41, 5.74) is 1.11. The lowest BCUT2D eigenvalue weighted by Gasteiger charge is -2.12. The van der Waals surface area contributed by atoms with Gasteiger partial charge >= 0.3 is 0 Å². The van der Waals surface area contributed by atoms with Crippen LogP contribution in [0.2, 0.25) is 0 Å². The predicted octanol–water partition coefficient (Wildman–Crippen LogP) is 2.25. The summed E-state index contributed by atoms with van der Waals surface area (Å²) >= 11 is 0. The van der Waals surface area contributed by atoms with Gasteiger partial charge < -0.3 is 5.32 Å². The Morgan fingerprint density at radius 3 is 2.81 bits per heavy atom. The molecule has 2 aromatic rings. The van der Waals surface area contributed by atoms with Crippen LogP contribution in [0.25, 0.3) is 5.69 Å². The number of imidazole rings is 1. The van der Waals surface area contributed by atoms with E-state index in [1.807, 2.05) is 19.1 Å². The molecular formula is C15H14FN5. The van der Waals surface area contributed by atoms with Crippen molar-refractivity contribution in [2.24, 2.45) is 0 Å². The van der Waals surface area contributed by atoms with E-state index in [0.717, 1.165) is 13.0 Å². The van der Waals surface area contributed by atoms with E-state index >= 15 is 0 Å². The normalized spacial score (nSPS) is 10.1. The molecular weight excluding hydrogens is 269 g/mol. The van der Waals surface area contributed by atoms with Crippen molar-refractivity contribution in [3.05, 3.63) is 47.3 Å². The van der Waals surface area contributed by atoms with E-state index in [1.54, 1.807) is 12.1 Å². The minimum absolute atomic E-state index is 0.0363. The summed E-state index contributed by atoms with van der Waals surface area (Å²) in [6.07, 6.45) is 2.31. The predicted molar refractivity (Wildman–Crippen MR) is 74.9 cm³/mol. The number of nitrogens with zero attached hydrogens (tertiary/aromatic N) is 4. The molecule has 0 bridgehead atoms. The van der Waals surface area contributed by atoms with Gasteiger partial charge in [0.2, 0.25) is 0 Å². The van der Waals surface area contributed by atoms with E-state index in [9.17, 15) is 9.65 Å². The molecule has 0 spiro atoms. The second-order valence-electron chi connectivity index (χ2n) is 4.45. The molecule has 5 nitrogen and oxygen atoms in total. The topological polar surface area (TPSA) is 77.4 Å². The Labute approximate surface area is 122 Å². The quantitative estimate of drug-likeness (QED) is 0.854. The molecule has 1 aromatic carbocycles. The van der Waals surface area contributed by atoms with E-state index < -0.39 is 0 Å². The smallest absolute Gasteiger partial charge is 0.177 e. The zero-order valence-corrected chi connectivity index (χ0v) is 11.6. The number of rotatable bonds is 5. The highest BCUT2D eigenvalue weighted by Crippen LogP contribution is 2.21. The lowest BCUT2D eigenvalue weighted by molar-refractivity contribution is 0.584. The molecule has 0 atom stereocenters. The minimum Gasteiger partial charge on any atom is -0.312 e. The molecule has 0 saturated carbocycles. The number of hydrogen-bond acceptors (Lipinski definition) is 4. The fraction of sp³-hybridized carbons (Fsp3) is 0.267. The zero-order chi connectivity index (χ0) is 15.2. The standard InChI is InChI=1S/C15H14FN5/c1-2-6-19-9-11-12(16)4-3-5-14(11)21-10-20-13(7-17)15(21)8-18/h3-5,10,19H,2,6,9H2,1H3. The first-order valence-corrected chi connectivity index (χ1v) is 6.59. The van der Waals surface area contributed by atoms with Gasteiger partial charge in [-0.1, -0.05) is 13.0 Å². The maximum atomic E-state index is 14.1. The maximum Gasteiger partial charge on any atom is 0.177 e. The average molecular weight is 283 g/mol. The number of benzene rings is 1. The van der Waals surface area contributed by atoms with Gasteiger partial charge in [-0.05, 0) is 25.1 Å². The Hall–Kier alpha value is -2.70.